The van der Waals surface area contributed by atoms with Gasteiger partial charge in [-0.25, -0.2) is 14.8 Å². The van der Waals surface area contributed by atoms with Crippen LogP contribution in [0.2, 0.25) is 0 Å². The first-order chi connectivity index (χ1) is 18.3. The number of pyridine rings is 1. The van der Waals surface area contributed by atoms with E-state index in [4.69, 9.17) is 14.2 Å². The Morgan fingerprint density at radius 2 is 2.03 bits per heavy atom. The summed E-state index contributed by atoms with van der Waals surface area (Å²) in [6.07, 6.45) is 3.15. The molecule has 10 nitrogen and oxygen atoms in total. The Kier molecular flexibility index (Phi) is 6.24. The van der Waals surface area contributed by atoms with Gasteiger partial charge in [0.25, 0.3) is 0 Å². The Hall–Kier alpha value is -3.96. The van der Waals surface area contributed by atoms with E-state index in [1.54, 1.807) is 6.07 Å². The molecule has 4 aromatic heterocycles. The summed E-state index contributed by atoms with van der Waals surface area (Å²) in [5.74, 6) is 2.27. The highest BCUT2D eigenvalue weighted by atomic mass is 32.1. The van der Waals surface area contributed by atoms with Crippen molar-refractivity contribution in [3.8, 4) is 17.1 Å². The number of nitrogens with zero attached hydrogens (tertiary/aromatic N) is 4. The zero-order valence-corrected chi connectivity index (χ0v) is 22.3. The molecule has 2 amide bonds. The molecule has 0 bridgehead atoms. The maximum absolute atomic E-state index is 12.4. The van der Waals surface area contributed by atoms with E-state index in [0.29, 0.717) is 35.7 Å². The topological polar surface area (TPSA) is 119 Å². The SMILES string of the molecule is CC(C)(C)c1cc(NC(=O)Nc2ccc(-c3cn4c(n3)sc3nc(OC[C@@H]5CCNC5)ccc34)cc2)no1. The van der Waals surface area contributed by atoms with Crippen LogP contribution in [0.15, 0.2) is 53.2 Å². The zero-order chi connectivity index (χ0) is 26.3. The molecule has 0 aliphatic carbocycles. The van der Waals surface area contributed by atoms with Gasteiger partial charge in [-0.1, -0.05) is 49.4 Å². The number of carbonyl (C=O) groups is 1. The number of thiazole rings is 1. The molecule has 5 aromatic rings. The van der Waals surface area contributed by atoms with Crippen molar-refractivity contribution in [1.82, 2.24) is 24.8 Å². The van der Waals surface area contributed by atoms with Crippen LogP contribution in [0.4, 0.5) is 16.3 Å². The minimum atomic E-state index is -0.392. The van der Waals surface area contributed by atoms with Crippen LogP contribution < -0.4 is 20.7 Å². The Morgan fingerprint density at radius 1 is 1.18 bits per heavy atom. The lowest BCUT2D eigenvalue weighted by atomic mass is 9.93. The van der Waals surface area contributed by atoms with Gasteiger partial charge in [0.15, 0.2) is 10.8 Å². The predicted molar refractivity (Wildman–Crippen MR) is 148 cm³/mol. The maximum atomic E-state index is 12.4. The van der Waals surface area contributed by atoms with E-state index in [1.807, 2.05) is 63.4 Å². The molecule has 11 heteroatoms. The van der Waals surface area contributed by atoms with Crippen LogP contribution in [0.3, 0.4) is 0 Å². The third-order valence-electron chi connectivity index (χ3n) is 6.49. The molecule has 0 unspecified atom stereocenters. The third-order valence-corrected chi connectivity index (χ3v) is 7.46. The first-order valence-corrected chi connectivity index (χ1v) is 13.4. The van der Waals surface area contributed by atoms with Gasteiger partial charge in [-0.3, -0.25) is 9.72 Å². The maximum Gasteiger partial charge on any atom is 0.324 e. The number of fused-ring (bicyclic) bond motifs is 3. The third kappa shape index (κ3) is 5.07. The van der Waals surface area contributed by atoms with E-state index in [1.165, 1.54) is 11.3 Å². The van der Waals surface area contributed by atoms with Crippen LogP contribution in [-0.4, -0.2) is 45.3 Å². The van der Waals surface area contributed by atoms with Gasteiger partial charge in [-0.05, 0) is 31.2 Å². The standard InChI is InChI=1S/C27H29N7O3S/c1-27(2,3)21-12-22(33-37-21)31-25(35)29-18-6-4-17(5-7-18)19-14-34-20-8-9-23(32-24(20)38-26(34)30-19)36-15-16-10-11-28-13-16/h4-9,12,14,16,28H,10-11,13,15H2,1-3H3,(H2,29,31,33,35)/t16-/m1/s1. The summed E-state index contributed by atoms with van der Waals surface area (Å²) in [4.78, 5) is 23.7. The number of urea groups is 1. The van der Waals surface area contributed by atoms with E-state index in [0.717, 1.165) is 46.1 Å². The number of imidazole rings is 1. The average molecular weight is 532 g/mol. The second-order valence-corrected chi connectivity index (χ2v) is 11.5. The molecule has 38 heavy (non-hydrogen) atoms. The Morgan fingerprint density at radius 3 is 2.76 bits per heavy atom. The first-order valence-electron chi connectivity index (χ1n) is 12.6. The smallest absolute Gasteiger partial charge is 0.324 e. The highest BCUT2D eigenvalue weighted by Crippen LogP contribution is 2.30. The summed E-state index contributed by atoms with van der Waals surface area (Å²) in [6.45, 7) is 8.80. The Balaban J connectivity index is 1.11. The summed E-state index contributed by atoms with van der Waals surface area (Å²) >= 11 is 1.53. The minimum Gasteiger partial charge on any atom is -0.477 e. The number of nitrogens with one attached hydrogen (secondary N) is 3. The fraction of sp³-hybridized carbons (Fsp3) is 0.333. The Labute approximate surface area is 223 Å². The molecule has 1 aromatic carbocycles. The van der Waals surface area contributed by atoms with Crippen molar-refractivity contribution in [2.45, 2.75) is 32.6 Å². The lowest BCUT2D eigenvalue weighted by Crippen LogP contribution is -2.19. The van der Waals surface area contributed by atoms with Gasteiger partial charge < -0.3 is 19.9 Å². The van der Waals surface area contributed by atoms with Crippen molar-refractivity contribution in [2.24, 2.45) is 5.92 Å². The quantitative estimate of drug-likeness (QED) is 0.264. The molecule has 1 saturated heterocycles. The number of ether oxygens (including phenoxy) is 1. The van der Waals surface area contributed by atoms with E-state index in [2.05, 4.69) is 30.5 Å². The van der Waals surface area contributed by atoms with Gasteiger partial charge >= 0.3 is 6.03 Å². The number of rotatable bonds is 6. The van der Waals surface area contributed by atoms with Crippen LogP contribution in [0.25, 0.3) is 26.6 Å². The molecular formula is C27H29N7O3S. The highest BCUT2D eigenvalue weighted by Gasteiger charge is 2.20. The molecule has 0 radical (unpaired) electrons. The number of carbonyl (C=O) groups excluding carboxylic acids is 1. The predicted octanol–water partition coefficient (Wildman–Crippen LogP) is 5.53. The van der Waals surface area contributed by atoms with Crippen molar-refractivity contribution >= 4 is 44.2 Å². The number of aromatic nitrogens is 4. The van der Waals surface area contributed by atoms with Crippen LogP contribution in [0.1, 0.15) is 33.0 Å². The molecule has 196 valence electrons. The number of hydrogen-bond donors (Lipinski definition) is 3. The molecule has 1 atom stereocenters. The lowest BCUT2D eigenvalue weighted by molar-refractivity contribution is 0.252. The number of benzene rings is 1. The van der Waals surface area contributed by atoms with Crippen molar-refractivity contribution in [2.75, 3.05) is 30.3 Å². The molecule has 6 rings (SSSR count). The lowest BCUT2D eigenvalue weighted by Gasteiger charge is -2.12. The second-order valence-electron chi connectivity index (χ2n) is 10.5. The summed E-state index contributed by atoms with van der Waals surface area (Å²) in [7, 11) is 0. The van der Waals surface area contributed by atoms with Crippen LogP contribution in [0, 0.1) is 5.92 Å². The molecule has 1 fully saturated rings. The number of amides is 2. The number of anilines is 2. The second kappa shape index (κ2) is 9.73. The monoisotopic (exact) mass is 531 g/mol. The van der Waals surface area contributed by atoms with Crippen LogP contribution in [0.5, 0.6) is 5.88 Å². The molecule has 0 spiro atoms. The molecule has 0 saturated carbocycles. The Bertz CT molecular complexity index is 1590. The van der Waals surface area contributed by atoms with Gasteiger partial charge in [-0.2, -0.15) is 0 Å². The normalized spacial score (nSPS) is 15.8. The largest absolute Gasteiger partial charge is 0.477 e. The molecule has 1 aliphatic rings. The molecule has 3 N–H and O–H groups in total. The minimum absolute atomic E-state index is 0.187. The fourth-order valence-electron chi connectivity index (χ4n) is 4.34. The van der Waals surface area contributed by atoms with Crippen molar-refractivity contribution in [1.29, 1.82) is 0 Å². The summed E-state index contributed by atoms with van der Waals surface area (Å²) < 4.78 is 13.3. The molecule has 5 heterocycles. The average Bonchev–Trinajstić information content (AvgIpc) is 3.67. The summed E-state index contributed by atoms with van der Waals surface area (Å²) in [5, 5.41) is 12.8. The van der Waals surface area contributed by atoms with Gasteiger partial charge in [-0.15, -0.1) is 0 Å². The fourth-order valence-corrected chi connectivity index (χ4v) is 5.31. The molecule has 1 aliphatic heterocycles. The summed E-state index contributed by atoms with van der Waals surface area (Å²) in [6, 6.07) is 12.8. The van der Waals surface area contributed by atoms with Crippen LogP contribution in [-0.2, 0) is 5.41 Å². The zero-order valence-electron chi connectivity index (χ0n) is 21.4. The van der Waals surface area contributed by atoms with Gasteiger partial charge in [0.2, 0.25) is 5.88 Å². The van der Waals surface area contributed by atoms with Gasteiger partial charge in [0.1, 0.15) is 10.6 Å². The molecular weight excluding hydrogens is 502 g/mol. The van der Waals surface area contributed by atoms with Gasteiger partial charge in [0.05, 0.1) is 17.8 Å². The van der Waals surface area contributed by atoms with E-state index >= 15 is 0 Å². The van der Waals surface area contributed by atoms with Crippen LogP contribution >= 0.6 is 11.3 Å². The van der Waals surface area contributed by atoms with E-state index in [-0.39, 0.29) is 5.41 Å². The number of hydrogen-bond acceptors (Lipinski definition) is 8. The van der Waals surface area contributed by atoms with Crippen molar-refractivity contribution < 1.29 is 14.1 Å². The van der Waals surface area contributed by atoms with Gasteiger partial charge in [0, 0.05) is 47.5 Å². The first kappa shape index (κ1) is 24.4. The van der Waals surface area contributed by atoms with Crippen molar-refractivity contribution in [3.05, 3.63) is 54.4 Å². The van der Waals surface area contributed by atoms with E-state index in [9.17, 15) is 4.79 Å². The summed E-state index contributed by atoms with van der Waals surface area (Å²) in [5.41, 5.74) is 3.26. The van der Waals surface area contributed by atoms with Crippen molar-refractivity contribution in [3.63, 3.8) is 0 Å². The highest BCUT2D eigenvalue weighted by molar-refractivity contribution is 7.23. The van der Waals surface area contributed by atoms with E-state index < -0.39 is 6.03 Å².